The summed E-state index contributed by atoms with van der Waals surface area (Å²) in [7, 11) is 7.18. The van der Waals surface area contributed by atoms with Crippen LogP contribution in [0.2, 0.25) is 0 Å². The van der Waals surface area contributed by atoms with E-state index in [-0.39, 0.29) is 23.7 Å². The Bertz CT molecular complexity index is 1210. The molecule has 1 aromatic carbocycles. The number of ether oxygens (including phenoxy) is 1. The highest BCUT2D eigenvalue weighted by atomic mass is 19.1. The molecular formula is C28H36FN7O3. The number of hydrogen-bond donors (Lipinski definition) is 3. The molecule has 11 heteroatoms. The molecule has 39 heavy (non-hydrogen) atoms. The van der Waals surface area contributed by atoms with Crippen molar-refractivity contribution in [3.63, 3.8) is 0 Å². The first kappa shape index (κ1) is 29.5. The number of nitrogens with zero attached hydrogens (tertiary/aromatic N) is 4. The lowest BCUT2D eigenvalue weighted by atomic mass is 10.1. The molecule has 2 heterocycles. The number of nitrogens with one attached hydrogen (secondary N) is 3. The maximum absolute atomic E-state index is 13.1. The van der Waals surface area contributed by atoms with Gasteiger partial charge in [0.2, 0.25) is 17.8 Å². The SMILES string of the molecule is CNc1nc(Nc2ccc(F)cc2)ncc1C#CCCCNC(=O)[C@@H]1C[C@H](OC)CN1C(=O)C=CCN(C)C. The van der Waals surface area contributed by atoms with E-state index in [1.54, 1.807) is 43.5 Å². The molecule has 1 aromatic heterocycles. The summed E-state index contributed by atoms with van der Waals surface area (Å²) in [6, 6.07) is 5.36. The third kappa shape index (κ3) is 9.05. The summed E-state index contributed by atoms with van der Waals surface area (Å²) in [6.45, 7) is 1.47. The first-order valence-corrected chi connectivity index (χ1v) is 12.8. The van der Waals surface area contributed by atoms with E-state index >= 15 is 0 Å². The van der Waals surface area contributed by atoms with Gasteiger partial charge in [-0.25, -0.2) is 9.37 Å². The molecule has 1 fully saturated rings. The fourth-order valence-corrected chi connectivity index (χ4v) is 3.97. The van der Waals surface area contributed by atoms with Gasteiger partial charge in [-0.15, -0.1) is 0 Å². The number of rotatable bonds is 11. The van der Waals surface area contributed by atoms with Crippen LogP contribution >= 0.6 is 0 Å². The lowest BCUT2D eigenvalue weighted by Crippen LogP contribution is -2.45. The number of carbonyl (C=O) groups is 2. The van der Waals surface area contributed by atoms with Gasteiger partial charge in [-0.2, -0.15) is 4.98 Å². The summed E-state index contributed by atoms with van der Waals surface area (Å²) in [5, 5.41) is 8.96. The predicted octanol–water partition coefficient (Wildman–Crippen LogP) is 2.38. The fraction of sp³-hybridized carbons (Fsp3) is 0.429. The number of methoxy groups -OCH3 is 1. The number of amides is 2. The minimum atomic E-state index is -0.560. The average molecular weight is 538 g/mol. The molecule has 3 N–H and O–H groups in total. The zero-order valence-corrected chi connectivity index (χ0v) is 22.8. The number of halogens is 1. The molecule has 208 valence electrons. The summed E-state index contributed by atoms with van der Waals surface area (Å²) in [4.78, 5) is 37.7. The molecule has 0 aliphatic carbocycles. The highest BCUT2D eigenvalue weighted by Gasteiger charge is 2.38. The summed E-state index contributed by atoms with van der Waals surface area (Å²) >= 11 is 0. The molecule has 1 aliphatic heterocycles. The van der Waals surface area contributed by atoms with Crippen LogP contribution in [0.25, 0.3) is 0 Å². The first-order valence-electron chi connectivity index (χ1n) is 12.8. The topological polar surface area (TPSA) is 112 Å². The van der Waals surface area contributed by atoms with Crippen LogP contribution in [0.5, 0.6) is 0 Å². The van der Waals surface area contributed by atoms with E-state index < -0.39 is 6.04 Å². The number of unbranched alkanes of at least 4 members (excludes halogenated alkanes) is 1. The Balaban J connectivity index is 1.49. The zero-order chi connectivity index (χ0) is 28.2. The molecule has 2 amide bonds. The van der Waals surface area contributed by atoms with Crippen molar-refractivity contribution in [2.24, 2.45) is 0 Å². The van der Waals surface area contributed by atoms with Gasteiger partial charge in [0.1, 0.15) is 17.7 Å². The van der Waals surface area contributed by atoms with E-state index in [2.05, 4.69) is 37.8 Å². The third-order valence-electron chi connectivity index (χ3n) is 6.04. The van der Waals surface area contributed by atoms with Crippen molar-refractivity contribution < 1.29 is 18.7 Å². The van der Waals surface area contributed by atoms with Crippen molar-refractivity contribution in [1.82, 2.24) is 25.1 Å². The van der Waals surface area contributed by atoms with Gasteiger partial charge in [-0.1, -0.05) is 17.9 Å². The smallest absolute Gasteiger partial charge is 0.247 e. The van der Waals surface area contributed by atoms with Crippen LogP contribution in [0.15, 0.2) is 42.6 Å². The molecule has 0 unspecified atom stereocenters. The second-order valence-electron chi connectivity index (χ2n) is 9.30. The van der Waals surface area contributed by atoms with Gasteiger partial charge in [0.25, 0.3) is 0 Å². The van der Waals surface area contributed by atoms with E-state index in [4.69, 9.17) is 4.74 Å². The van der Waals surface area contributed by atoms with Crippen LogP contribution < -0.4 is 16.0 Å². The standard InChI is InChI=1S/C28H36FN7O3/c1-30-26-20(18-32-28(34-26)33-22-13-11-21(29)12-14-22)9-6-5-7-15-31-27(38)24-17-23(39-4)19-36(24)25(37)10-8-16-35(2)3/h8,10-14,18,23-24H,5,7,15-17,19H2,1-4H3,(H,31,38)(H2,30,32,33,34)/t23-,24-/m0/s1. The number of likely N-dealkylation sites (N-methyl/N-ethyl adjacent to an activating group) is 1. The van der Waals surface area contributed by atoms with E-state index in [0.717, 1.165) is 0 Å². The van der Waals surface area contributed by atoms with E-state index in [0.29, 0.717) is 61.9 Å². The molecule has 1 saturated heterocycles. The minimum Gasteiger partial charge on any atom is -0.380 e. The Morgan fingerprint density at radius 1 is 1.28 bits per heavy atom. The Labute approximate surface area is 229 Å². The van der Waals surface area contributed by atoms with E-state index in [1.807, 2.05) is 19.0 Å². The van der Waals surface area contributed by atoms with Crippen LogP contribution in [0.3, 0.4) is 0 Å². The first-order chi connectivity index (χ1) is 18.8. The van der Waals surface area contributed by atoms with Crippen LogP contribution in [-0.4, -0.2) is 91.6 Å². The normalized spacial score (nSPS) is 16.7. The lowest BCUT2D eigenvalue weighted by molar-refractivity contribution is -0.135. The van der Waals surface area contributed by atoms with Crippen molar-refractivity contribution >= 4 is 29.3 Å². The maximum atomic E-state index is 13.1. The predicted molar refractivity (Wildman–Crippen MR) is 149 cm³/mol. The Hall–Kier alpha value is -4.01. The number of likely N-dealkylation sites (tertiary alicyclic amines) is 1. The van der Waals surface area contributed by atoms with Crippen molar-refractivity contribution in [1.29, 1.82) is 0 Å². The summed E-state index contributed by atoms with van der Waals surface area (Å²) in [6.07, 6.45) is 6.42. The number of aromatic nitrogens is 2. The molecule has 2 atom stereocenters. The number of anilines is 3. The van der Waals surface area contributed by atoms with Gasteiger partial charge in [-0.3, -0.25) is 9.59 Å². The molecule has 3 rings (SSSR count). The molecular weight excluding hydrogens is 501 g/mol. The van der Waals surface area contributed by atoms with Gasteiger partial charge < -0.3 is 30.5 Å². The Morgan fingerprint density at radius 3 is 2.74 bits per heavy atom. The van der Waals surface area contributed by atoms with Gasteiger partial charge in [0, 0.05) is 58.4 Å². The van der Waals surface area contributed by atoms with Crippen LogP contribution in [0.4, 0.5) is 21.8 Å². The monoisotopic (exact) mass is 537 g/mol. The fourth-order valence-electron chi connectivity index (χ4n) is 3.97. The summed E-state index contributed by atoms with van der Waals surface area (Å²) in [5.41, 5.74) is 1.31. The van der Waals surface area contributed by atoms with Crippen LogP contribution in [0.1, 0.15) is 24.8 Å². The Kier molecular flexibility index (Phi) is 11.2. The summed E-state index contributed by atoms with van der Waals surface area (Å²) in [5.74, 6) is 6.38. The molecule has 0 bridgehead atoms. The van der Waals surface area contributed by atoms with Gasteiger partial charge >= 0.3 is 0 Å². The molecule has 0 spiro atoms. The van der Waals surface area contributed by atoms with Gasteiger partial charge in [0.15, 0.2) is 0 Å². The number of carbonyl (C=O) groups excluding carboxylic acids is 2. The number of benzene rings is 1. The molecule has 1 aliphatic rings. The van der Waals surface area contributed by atoms with E-state index in [9.17, 15) is 14.0 Å². The Morgan fingerprint density at radius 2 is 2.05 bits per heavy atom. The quantitative estimate of drug-likeness (QED) is 0.228. The molecule has 0 radical (unpaired) electrons. The maximum Gasteiger partial charge on any atom is 0.247 e. The third-order valence-corrected chi connectivity index (χ3v) is 6.04. The average Bonchev–Trinajstić information content (AvgIpc) is 3.37. The van der Waals surface area contributed by atoms with Crippen molar-refractivity contribution in [2.45, 2.75) is 31.4 Å². The highest BCUT2D eigenvalue weighted by molar-refractivity contribution is 5.93. The second-order valence-corrected chi connectivity index (χ2v) is 9.30. The molecule has 2 aromatic rings. The van der Waals surface area contributed by atoms with Crippen molar-refractivity contribution in [3.05, 3.63) is 54.0 Å². The largest absolute Gasteiger partial charge is 0.380 e. The summed E-state index contributed by atoms with van der Waals surface area (Å²) < 4.78 is 18.5. The van der Waals surface area contributed by atoms with Gasteiger partial charge in [-0.05, 0) is 44.8 Å². The van der Waals surface area contributed by atoms with Gasteiger partial charge in [0.05, 0.1) is 17.9 Å². The number of hydrogen-bond acceptors (Lipinski definition) is 8. The van der Waals surface area contributed by atoms with Crippen LogP contribution in [-0.2, 0) is 14.3 Å². The minimum absolute atomic E-state index is 0.168. The van der Waals surface area contributed by atoms with Crippen molar-refractivity contribution in [2.75, 3.05) is 58.5 Å². The van der Waals surface area contributed by atoms with Crippen LogP contribution in [0, 0.1) is 17.7 Å². The second kappa shape index (κ2) is 14.8. The zero-order valence-electron chi connectivity index (χ0n) is 22.8. The highest BCUT2D eigenvalue weighted by Crippen LogP contribution is 2.21. The van der Waals surface area contributed by atoms with Crippen molar-refractivity contribution in [3.8, 4) is 11.8 Å². The molecule has 0 saturated carbocycles. The lowest BCUT2D eigenvalue weighted by Gasteiger charge is -2.22. The van der Waals surface area contributed by atoms with E-state index in [1.165, 1.54) is 18.2 Å². The molecule has 10 nitrogen and oxygen atoms in total.